The van der Waals surface area contributed by atoms with Crippen LogP contribution < -0.4 is 15.2 Å². The predicted molar refractivity (Wildman–Crippen MR) is 83.4 cm³/mol. The topological polar surface area (TPSA) is 81.4 Å². The van der Waals surface area contributed by atoms with E-state index in [4.69, 9.17) is 16.9 Å². The van der Waals surface area contributed by atoms with Gasteiger partial charge in [-0.25, -0.2) is 13.1 Å². The van der Waals surface area contributed by atoms with E-state index in [1.165, 1.54) is 17.8 Å². The Kier molecular flexibility index (Phi) is 6.71. The van der Waals surface area contributed by atoms with Crippen molar-refractivity contribution >= 4 is 27.5 Å². The van der Waals surface area contributed by atoms with Crippen molar-refractivity contribution in [3.05, 3.63) is 18.2 Å². The molecule has 0 unspecified atom stereocenters. The fourth-order valence-electron chi connectivity index (χ4n) is 1.47. The SMILES string of the molecule is C#CCSCCNS(=O)(=O)c1cc(N)ccc1OCC. The van der Waals surface area contributed by atoms with Gasteiger partial charge in [-0.15, -0.1) is 18.2 Å². The fraction of sp³-hybridized carbons (Fsp3) is 0.385. The number of nitrogens with two attached hydrogens (primary N) is 1. The molecule has 0 atom stereocenters. The molecule has 1 rings (SSSR count). The van der Waals surface area contributed by atoms with Crippen molar-refractivity contribution in [3.8, 4) is 18.1 Å². The molecular weight excluding hydrogens is 296 g/mol. The molecule has 110 valence electrons. The van der Waals surface area contributed by atoms with Gasteiger partial charge in [0.05, 0.1) is 12.4 Å². The molecule has 0 spiro atoms. The molecule has 0 aliphatic heterocycles. The van der Waals surface area contributed by atoms with Crippen molar-refractivity contribution in [3.63, 3.8) is 0 Å². The zero-order valence-corrected chi connectivity index (χ0v) is 12.9. The van der Waals surface area contributed by atoms with Gasteiger partial charge in [0.1, 0.15) is 10.6 Å². The lowest BCUT2D eigenvalue weighted by Crippen LogP contribution is -2.26. The number of benzene rings is 1. The van der Waals surface area contributed by atoms with E-state index < -0.39 is 10.0 Å². The second-order valence-electron chi connectivity index (χ2n) is 3.79. The first-order chi connectivity index (χ1) is 9.51. The summed E-state index contributed by atoms with van der Waals surface area (Å²) in [6, 6.07) is 4.55. The lowest BCUT2D eigenvalue weighted by atomic mass is 10.3. The summed E-state index contributed by atoms with van der Waals surface area (Å²) >= 11 is 1.49. The molecule has 0 heterocycles. The zero-order valence-electron chi connectivity index (χ0n) is 11.3. The van der Waals surface area contributed by atoms with Crippen LogP contribution in [-0.2, 0) is 10.0 Å². The minimum Gasteiger partial charge on any atom is -0.492 e. The number of terminal acetylenes is 1. The van der Waals surface area contributed by atoms with Gasteiger partial charge in [-0.05, 0) is 25.1 Å². The molecule has 3 N–H and O–H groups in total. The number of rotatable bonds is 8. The molecule has 1 aromatic carbocycles. The summed E-state index contributed by atoms with van der Waals surface area (Å²) in [6.45, 7) is 2.47. The molecule has 7 heteroatoms. The van der Waals surface area contributed by atoms with E-state index >= 15 is 0 Å². The first kappa shape index (κ1) is 16.7. The smallest absolute Gasteiger partial charge is 0.244 e. The van der Waals surface area contributed by atoms with Crippen LogP contribution in [0.1, 0.15) is 6.92 Å². The number of hydrogen-bond acceptors (Lipinski definition) is 5. The molecule has 1 aromatic rings. The normalized spacial score (nSPS) is 11.0. The highest BCUT2D eigenvalue weighted by molar-refractivity contribution is 7.99. The highest BCUT2D eigenvalue weighted by Gasteiger charge is 2.19. The van der Waals surface area contributed by atoms with Gasteiger partial charge in [0.2, 0.25) is 10.0 Å². The number of nitrogen functional groups attached to an aromatic ring is 1. The van der Waals surface area contributed by atoms with Crippen LogP contribution in [0.25, 0.3) is 0 Å². The van der Waals surface area contributed by atoms with Crippen molar-refractivity contribution in [1.82, 2.24) is 4.72 Å². The zero-order chi connectivity index (χ0) is 15.0. The summed E-state index contributed by atoms with van der Waals surface area (Å²) in [5.41, 5.74) is 6.01. The number of anilines is 1. The number of thioether (sulfide) groups is 1. The number of hydrogen-bond donors (Lipinski definition) is 2. The summed E-state index contributed by atoms with van der Waals surface area (Å²) in [4.78, 5) is 0.0568. The van der Waals surface area contributed by atoms with Gasteiger partial charge in [-0.1, -0.05) is 5.92 Å². The lowest BCUT2D eigenvalue weighted by molar-refractivity contribution is 0.331. The molecular formula is C13H18N2O3S2. The second kappa shape index (κ2) is 8.04. The Morgan fingerprint density at radius 3 is 2.90 bits per heavy atom. The molecule has 5 nitrogen and oxygen atoms in total. The average molecular weight is 314 g/mol. The molecule has 0 radical (unpaired) electrons. The van der Waals surface area contributed by atoms with E-state index in [2.05, 4.69) is 10.6 Å². The van der Waals surface area contributed by atoms with E-state index in [1.807, 2.05) is 0 Å². The molecule has 0 aliphatic rings. The van der Waals surface area contributed by atoms with Crippen molar-refractivity contribution in [1.29, 1.82) is 0 Å². The predicted octanol–water partition coefficient (Wildman–Crippen LogP) is 1.31. The van der Waals surface area contributed by atoms with Crippen LogP contribution in [0, 0.1) is 12.3 Å². The highest BCUT2D eigenvalue weighted by Crippen LogP contribution is 2.26. The Hall–Kier alpha value is -1.36. The highest BCUT2D eigenvalue weighted by atomic mass is 32.2. The quantitative estimate of drug-likeness (QED) is 0.429. The van der Waals surface area contributed by atoms with Gasteiger partial charge >= 0.3 is 0 Å². The first-order valence-electron chi connectivity index (χ1n) is 6.04. The van der Waals surface area contributed by atoms with Crippen LogP contribution >= 0.6 is 11.8 Å². The number of nitrogens with one attached hydrogen (secondary N) is 1. The molecule has 0 bridgehead atoms. The lowest BCUT2D eigenvalue weighted by Gasteiger charge is -2.12. The van der Waals surface area contributed by atoms with E-state index in [1.54, 1.807) is 19.1 Å². The molecule has 20 heavy (non-hydrogen) atoms. The summed E-state index contributed by atoms with van der Waals surface area (Å²) < 4.78 is 32.3. The molecule has 0 saturated heterocycles. The van der Waals surface area contributed by atoms with Gasteiger partial charge in [0.15, 0.2) is 0 Å². The third kappa shape index (κ3) is 4.96. The molecule has 0 aromatic heterocycles. The van der Waals surface area contributed by atoms with Crippen LogP contribution in [0.5, 0.6) is 5.75 Å². The standard InChI is InChI=1S/C13H18N2O3S2/c1-3-8-19-9-7-15-20(16,17)13-10-11(14)5-6-12(13)18-4-2/h1,5-6,10,15H,4,7-9,14H2,2H3. The maximum absolute atomic E-state index is 12.2. The van der Waals surface area contributed by atoms with E-state index in [0.717, 1.165) is 0 Å². The second-order valence-corrected chi connectivity index (χ2v) is 6.63. The molecule has 0 aliphatic carbocycles. The molecule has 0 fully saturated rings. The summed E-state index contributed by atoms with van der Waals surface area (Å²) in [7, 11) is -3.64. The largest absolute Gasteiger partial charge is 0.492 e. The van der Waals surface area contributed by atoms with E-state index in [-0.39, 0.29) is 4.90 Å². The van der Waals surface area contributed by atoms with Gasteiger partial charge in [-0.2, -0.15) is 0 Å². The minimum atomic E-state index is -3.64. The fourth-order valence-corrected chi connectivity index (χ4v) is 3.31. The van der Waals surface area contributed by atoms with E-state index in [0.29, 0.717) is 36.1 Å². The Bertz CT molecular complexity index is 580. The van der Waals surface area contributed by atoms with Crippen molar-refractivity contribution in [2.75, 3.05) is 30.4 Å². The van der Waals surface area contributed by atoms with Crippen molar-refractivity contribution in [2.45, 2.75) is 11.8 Å². The summed E-state index contributed by atoms with van der Waals surface area (Å²) in [5.74, 6) is 3.94. The Morgan fingerprint density at radius 2 is 2.25 bits per heavy atom. The summed E-state index contributed by atoms with van der Waals surface area (Å²) in [6.07, 6.45) is 5.12. The number of sulfonamides is 1. The van der Waals surface area contributed by atoms with Gasteiger partial charge in [-0.3, -0.25) is 0 Å². The van der Waals surface area contributed by atoms with Crippen molar-refractivity contribution < 1.29 is 13.2 Å². The van der Waals surface area contributed by atoms with Crippen LogP contribution in [0.15, 0.2) is 23.1 Å². The van der Waals surface area contributed by atoms with Crippen LogP contribution in [-0.4, -0.2) is 33.1 Å². The minimum absolute atomic E-state index is 0.0568. The average Bonchev–Trinajstić information content (AvgIpc) is 2.40. The van der Waals surface area contributed by atoms with Crippen molar-refractivity contribution in [2.24, 2.45) is 0 Å². The third-order valence-electron chi connectivity index (χ3n) is 2.28. The Labute approximate surface area is 124 Å². The van der Waals surface area contributed by atoms with Crippen LogP contribution in [0.2, 0.25) is 0 Å². The Morgan fingerprint density at radius 1 is 1.50 bits per heavy atom. The monoisotopic (exact) mass is 314 g/mol. The molecule has 0 amide bonds. The Balaban J connectivity index is 2.81. The van der Waals surface area contributed by atoms with E-state index in [9.17, 15) is 8.42 Å². The van der Waals surface area contributed by atoms with Crippen LogP contribution in [0.3, 0.4) is 0 Å². The first-order valence-corrected chi connectivity index (χ1v) is 8.68. The van der Waals surface area contributed by atoms with Gasteiger partial charge < -0.3 is 10.5 Å². The van der Waals surface area contributed by atoms with Gasteiger partial charge in [0.25, 0.3) is 0 Å². The van der Waals surface area contributed by atoms with Gasteiger partial charge in [0, 0.05) is 18.0 Å². The molecule has 0 saturated carbocycles. The third-order valence-corrected chi connectivity index (χ3v) is 4.63. The number of ether oxygens (including phenoxy) is 1. The summed E-state index contributed by atoms with van der Waals surface area (Å²) in [5, 5.41) is 0. The maximum Gasteiger partial charge on any atom is 0.244 e. The van der Waals surface area contributed by atoms with Crippen LogP contribution in [0.4, 0.5) is 5.69 Å². The maximum atomic E-state index is 12.2.